The molecule has 0 spiro atoms. The van der Waals surface area contributed by atoms with Crippen LogP contribution in [-0.4, -0.2) is 56.7 Å². The van der Waals surface area contributed by atoms with Gasteiger partial charge in [0.1, 0.15) is 12.6 Å². The van der Waals surface area contributed by atoms with Crippen LogP contribution in [0.15, 0.2) is 30.3 Å². The number of nitrogens with one attached hydrogen (secondary N) is 2. The van der Waals surface area contributed by atoms with Crippen molar-refractivity contribution in [2.75, 3.05) is 20.8 Å². The Morgan fingerprint density at radius 2 is 1.56 bits per heavy atom. The Kier molecular flexibility index (Phi) is 12.7. The molecule has 3 amide bonds. The van der Waals surface area contributed by atoms with Crippen LogP contribution in [0.1, 0.15) is 38.2 Å². The molecule has 0 heterocycles. The Hall–Kier alpha value is -3.63. The highest BCUT2D eigenvalue weighted by atomic mass is 16.6. The molecule has 34 heavy (non-hydrogen) atoms. The zero-order chi connectivity index (χ0) is 25.5. The summed E-state index contributed by atoms with van der Waals surface area (Å²) in [4.78, 5) is 59.8. The molecule has 0 saturated carbocycles. The van der Waals surface area contributed by atoms with E-state index < -0.39 is 47.7 Å². The minimum atomic E-state index is -1.42. The van der Waals surface area contributed by atoms with Crippen molar-refractivity contribution < 1.29 is 38.2 Å². The third-order valence-electron chi connectivity index (χ3n) is 5.15. The Morgan fingerprint density at radius 1 is 0.941 bits per heavy atom. The van der Waals surface area contributed by atoms with E-state index in [9.17, 15) is 24.0 Å². The molecule has 0 bridgehead atoms. The molecule has 1 aromatic carbocycles. The van der Waals surface area contributed by atoms with Crippen molar-refractivity contribution in [2.24, 2.45) is 17.6 Å². The van der Waals surface area contributed by atoms with Gasteiger partial charge in [-0.2, -0.15) is 0 Å². The summed E-state index contributed by atoms with van der Waals surface area (Å²) >= 11 is 0. The molecule has 0 radical (unpaired) electrons. The molecule has 0 saturated heterocycles. The van der Waals surface area contributed by atoms with Crippen molar-refractivity contribution in [3.05, 3.63) is 35.9 Å². The van der Waals surface area contributed by atoms with Gasteiger partial charge in [0.15, 0.2) is 5.92 Å². The minimum Gasteiger partial charge on any atom is -0.468 e. The number of alkyl carbamates (subject to hydrolysis) is 1. The number of carbonyl (C=O) groups excluding carboxylic acids is 5. The lowest BCUT2D eigenvalue weighted by Crippen LogP contribution is -2.52. The third kappa shape index (κ3) is 9.88. The maximum absolute atomic E-state index is 12.3. The van der Waals surface area contributed by atoms with Gasteiger partial charge in [-0.15, -0.1) is 0 Å². The first-order valence-corrected chi connectivity index (χ1v) is 10.9. The second kappa shape index (κ2) is 15.3. The number of esters is 2. The highest BCUT2D eigenvalue weighted by molar-refractivity contribution is 5.97. The predicted octanol–water partition coefficient (Wildman–Crippen LogP) is 1.04. The molecule has 0 aromatic heterocycles. The van der Waals surface area contributed by atoms with Crippen molar-refractivity contribution in [3.8, 4) is 0 Å². The number of rotatable bonds is 14. The molecule has 0 fully saturated rings. The van der Waals surface area contributed by atoms with E-state index in [4.69, 9.17) is 10.5 Å². The third-order valence-corrected chi connectivity index (χ3v) is 5.15. The molecule has 188 valence electrons. The molecule has 0 aliphatic carbocycles. The van der Waals surface area contributed by atoms with Crippen molar-refractivity contribution in [1.29, 1.82) is 0 Å². The first kappa shape index (κ1) is 28.4. The fraction of sp³-hybridized carbons (Fsp3) is 0.522. The van der Waals surface area contributed by atoms with Gasteiger partial charge in [-0.25, -0.2) is 4.79 Å². The molecule has 2 atom stereocenters. The molecule has 11 heteroatoms. The second-order valence-corrected chi connectivity index (χ2v) is 7.63. The van der Waals surface area contributed by atoms with Crippen LogP contribution < -0.4 is 16.4 Å². The summed E-state index contributed by atoms with van der Waals surface area (Å²) in [6, 6.07) is 8.03. The van der Waals surface area contributed by atoms with Crippen LogP contribution in [-0.2, 0) is 40.0 Å². The fourth-order valence-corrected chi connectivity index (χ4v) is 3.23. The quantitative estimate of drug-likeness (QED) is 0.154. The Morgan fingerprint density at radius 3 is 2.12 bits per heavy atom. The summed E-state index contributed by atoms with van der Waals surface area (Å²) in [5.74, 6) is -5.53. The summed E-state index contributed by atoms with van der Waals surface area (Å²) < 4.78 is 14.3. The van der Waals surface area contributed by atoms with E-state index in [0.717, 1.165) is 19.8 Å². The average molecular weight is 480 g/mol. The van der Waals surface area contributed by atoms with Crippen LogP contribution in [0.4, 0.5) is 4.79 Å². The number of unbranched alkanes of at least 4 members (excludes halogenated alkanes) is 2. The number of hydrogen-bond donors (Lipinski definition) is 3. The number of primary amides is 1. The van der Waals surface area contributed by atoms with Gasteiger partial charge in [0.2, 0.25) is 11.8 Å². The van der Waals surface area contributed by atoms with Gasteiger partial charge >= 0.3 is 18.0 Å². The molecule has 0 unspecified atom stereocenters. The molecule has 1 aromatic rings. The molecule has 0 aliphatic rings. The largest absolute Gasteiger partial charge is 0.468 e. The Balaban J connectivity index is 2.37. The Bertz CT molecular complexity index is 815. The van der Waals surface area contributed by atoms with E-state index in [1.165, 1.54) is 6.92 Å². The number of hydrogen-bond acceptors (Lipinski definition) is 8. The number of benzene rings is 1. The van der Waals surface area contributed by atoms with E-state index in [0.29, 0.717) is 25.8 Å². The standard InChI is InChI=1S/C23H33N3O8/c1-15(18(21(29)32-2)22(30)33-3)19(20(24)28)26-17(27)12-8-5-9-13-25-23(31)34-14-16-10-6-4-7-11-16/h4,6-7,10-11,15,18-19H,5,8-9,12-14H2,1-3H3,(H2,24,28)(H,25,31)(H,26,27)/t15-,19-/m1/s1. The minimum absolute atomic E-state index is 0.0933. The van der Waals surface area contributed by atoms with Gasteiger partial charge in [0, 0.05) is 18.9 Å². The summed E-state index contributed by atoms with van der Waals surface area (Å²) in [6.07, 6.45) is 1.32. The van der Waals surface area contributed by atoms with Crippen LogP contribution >= 0.6 is 0 Å². The van der Waals surface area contributed by atoms with Gasteiger partial charge in [-0.3, -0.25) is 19.2 Å². The van der Waals surface area contributed by atoms with Crippen molar-refractivity contribution in [2.45, 2.75) is 45.3 Å². The van der Waals surface area contributed by atoms with Gasteiger partial charge in [-0.1, -0.05) is 43.7 Å². The Labute approximate surface area is 198 Å². The summed E-state index contributed by atoms with van der Waals surface area (Å²) in [7, 11) is 2.20. The fourth-order valence-electron chi connectivity index (χ4n) is 3.23. The predicted molar refractivity (Wildman–Crippen MR) is 121 cm³/mol. The normalized spacial score (nSPS) is 12.2. The number of methoxy groups -OCH3 is 2. The lowest BCUT2D eigenvalue weighted by Gasteiger charge is -2.26. The van der Waals surface area contributed by atoms with Gasteiger partial charge in [-0.05, 0) is 18.4 Å². The van der Waals surface area contributed by atoms with Crippen molar-refractivity contribution >= 4 is 29.8 Å². The van der Waals surface area contributed by atoms with Crippen molar-refractivity contribution in [3.63, 3.8) is 0 Å². The van der Waals surface area contributed by atoms with E-state index in [1.54, 1.807) is 0 Å². The van der Waals surface area contributed by atoms with Crippen LogP contribution in [0.25, 0.3) is 0 Å². The SMILES string of the molecule is COC(=O)C(C(=O)OC)[C@@H](C)[C@@H](NC(=O)CCCCCNC(=O)OCc1ccccc1)C(N)=O. The lowest BCUT2D eigenvalue weighted by atomic mass is 9.86. The first-order chi connectivity index (χ1) is 16.2. The van der Waals surface area contributed by atoms with Crippen LogP contribution in [0.2, 0.25) is 0 Å². The first-order valence-electron chi connectivity index (χ1n) is 10.9. The zero-order valence-corrected chi connectivity index (χ0v) is 19.7. The highest BCUT2D eigenvalue weighted by Crippen LogP contribution is 2.20. The van der Waals surface area contributed by atoms with Gasteiger partial charge in [0.05, 0.1) is 14.2 Å². The van der Waals surface area contributed by atoms with E-state index in [2.05, 4.69) is 20.1 Å². The van der Waals surface area contributed by atoms with Gasteiger partial charge in [0.25, 0.3) is 0 Å². The van der Waals surface area contributed by atoms with Crippen LogP contribution in [0.5, 0.6) is 0 Å². The van der Waals surface area contributed by atoms with Gasteiger partial charge < -0.3 is 30.6 Å². The highest BCUT2D eigenvalue weighted by Gasteiger charge is 2.41. The molecule has 0 aliphatic heterocycles. The van der Waals surface area contributed by atoms with Crippen molar-refractivity contribution in [1.82, 2.24) is 10.6 Å². The smallest absolute Gasteiger partial charge is 0.407 e. The second-order valence-electron chi connectivity index (χ2n) is 7.63. The van der Waals surface area contributed by atoms with Crippen LogP contribution in [0.3, 0.4) is 0 Å². The van der Waals surface area contributed by atoms with E-state index >= 15 is 0 Å². The van der Waals surface area contributed by atoms with E-state index in [-0.39, 0.29) is 13.0 Å². The lowest BCUT2D eigenvalue weighted by molar-refractivity contribution is -0.162. The molecule has 4 N–H and O–H groups in total. The maximum atomic E-state index is 12.3. The van der Waals surface area contributed by atoms with E-state index in [1.807, 2.05) is 30.3 Å². The molecular weight excluding hydrogens is 446 g/mol. The molecule has 1 rings (SSSR count). The zero-order valence-electron chi connectivity index (χ0n) is 19.7. The topological polar surface area (TPSA) is 163 Å². The summed E-state index contributed by atoms with van der Waals surface area (Å²) in [6.45, 7) is 1.99. The number of carbonyl (C=O) groups is 5. The number of amides is 3. The average Bonchev–Trinajstić information content (AvgIpc) is 2.83. The van der Waals surface area contributed by atoms with Crippen LogP contribution in [0, 0.1) is 11.8 Å². The summed E-state index contributed by atoms with van der Waals surface area (Å²) in [5, 5.41) is 5.11. The summed E-state index contributed by atoms with van der Waals surface area (Å²) in [5.41, 5.74) is 6.27. The monoisotopic (exact) mass is 479 g/mol. The molecule has 11 nitrogen and oxygen atoms in total. The number of nitrogens with two attached hydrogens (primary N) is 1. The molecular formula is C23H33N3O8. The number of ether oxygens (including phenoxy) is 3. The maximum Gasteiger partial charge on any atom is 0.407 e.